The Hall–Kier alpha value is -3.02. The summed E-state index contributed by atoms with van der Waals surface area (Å²) < 4.78 is 0. The van der Waals surface area contributed by atoms with E-state index in [1.54, 1.807) is 0 Å². The van der Waals surface area contributed by atoms with Crippen molar-refractivity contribution in [2.75, 3.05) is 13.1 Å². The van der Waals surface area contributed by atoms with E-state index in [0.29, 0.717) is 13.1 Å². The first-order valence-corrected chi connectivity index (χ1v) is 11.2. The van der Waals surface area contributed by atoms with Crippen LogP contribution < -0.4 is 21.3 Å². The average Bonchev–Trinajstić information content (AvgIpc) is 2.79. The summed E-state index contributed by atoms with van der Waals surface area (Å²) in [6.07, 6.45) is 5.12. The van der Waals surface area contributed by atoms with Crippen LogP contribution in [0.5, 0.6) is 0 Å². The molecule has 6 nitrogen and oxygen atoms in total. The minimum Gasteiger partial charge on any atom is -0.338 e. The number of unbranched alkanes of at least 4 members (excludes halogenated alkanes) is 4. The minimum absolute atomic E-state index is 0.0124. The summed E-state index contributed by atoms with van der Waals surface area (Å²) in [5.41, 5.74) is 2.18. The monoisotopic (exact) mass is 424 g/mol. The number of urea groups is 2. The summed E-state index contributed by atoms with van der Waals surface area (Å²) in [5, 5.41) is 11.7. The lowest BCUT2D eigenvalue weighted by Crippen LogP contribution is -2.37. The van der Waals surface area contributed by atoms with Gasteiger partial charge in [0.15, 0.2) is 0 Å². The summed E-state index contributed by atoms with van der Waals surface area (Å²) in [6, 6.07) is 19.6. The average molecular weight is 425 g/mol. The van der Waals surface area contributed by atoms with Gasteiger partial charge in [0.25, 0.3) is 0 Å². The van der Waals surface area contributed by atoms with Crippen LogP contribution in [0.4, 0.5) is 9.59 Å². The second-order valence-electron chi connectivity index (χ2n) is 7.83. The maximum atomic E-state index is 12.0. The van der Waals surface area contributed by atoms with Crippen molar-refractivity contribution in [1.82, 2.24) is 21.3 Å². The summed E-state index contributed by atoms with van der Waals surface area (Å²) in [5.74, 6) is 0. The van der Waals surface area contributed by atoms with E-state index in [4.69, 9.17) is 0 Å². The van der Waals surface area contributed by atoms with Gasteiger partial charge in [0.2, 0.25) is 0 Å². The molecule has 0 heterocycles. The summed E-state index contributed by atoms with van der Waals surface area (Å²) in [4.78, 5) is 23.9. The van der Waals surface area contributed by atoms with Crippen LogP contribution >= 0.6 is 0 Å². The van der Waals surface area contributed by atoms with Crippen molar-refractivity contribution in [3.63, 3.8) is 0 Å². The molecule has 2 aromatic rings. The molecule has 4 amide bonds. The van der Waals surface area contributed by atoms with Gasteiger partial charge >= 0.3 is 12.1 Å². The first-order chi connectivity index (χ1) is 15.1. The number of benzene rings is 2. The van der Waals surface area contributed by atoms with Crippen LogP contribution in [0.15, 0.2) is 60.7 Å². The largest absolute Gasteiger partial charge is 0.338 e. The zero-order valence-corrected chi connectivity index (χ0v) is 18.7. The van der Waals surface area contributed by atoms with Gasteiger partial charge in [-0.25, -0.2) is 9.59 Å². The van der Waals surface area contributed by atoms with Crippen LogP contribution in [0.3, 0.4) is 0 Å². The Labute approximate surface area is 186 Å². The Morgan fingerprint density at radius 2 is 0.968 bits per heavy atom. The summed E-state index contributed by atoms with van der Waals surface area (Å²) >= 11 is 0. The third-order valence-electron chi connectivity index (χ3n) is 5.22. The van der Waals surface area contributed by atoms with E-state index in [2.05, 4.69) is 21.3 Å². The highest BCUT2D eigenvalue weighted by molar-refractivity contribution is 5.74. The number of hydrogen-bond donors (Lipinski definition) is 4. The summed E-state index contributed by atoms with van der Waals surface area (Å²) in [7, 11) is 0. The van der Waals surface area contributed by atoms with E-state index in [1.807, 2.05) is 74.5 Å². The van der Waals surface area contributed by atoms with Crippen molar-refractivity contribution in [1.29, 1.82) is 0 Å². The molecule has 0 spiro atoms. The van der Waals surface area contributed by atoms with Crippen LogP contribution in [0, 0.1) is 0 Å². The van der Waals surface area contributed by atoms with Crippen molar-refractivity contribution >= 4 is 12.1 Å². The van der Waals surface area contributed by atoms with Gasteiger partial charge in [0, 0.05) is 13.1 Å². The molecule has 0 aromatic heterocycles. The predicted molar refractivity (Wildman–Crippen MR) is 126 cm³/mol. The van der Waals surface area contributed by atoms with Gasteiger partial charge in [-0.3, -0.25) is 0 Å². The first-order valence-electron chi connectivity index (χ1n) is 11.2. The topological polar surface area (TPSA) is 82.3 Å². The molecular formula is C25H36N4O2. The highest BCUT2D eigenvalue weighted by Crippen LogP contribution is 2.11. The molecule has 2 unspecified atom stereocenters. The van der Waals surface area contributed by atoms with Crippen LogP contribution in [-0.4, -0.2) is 25.2 Å². The molecule has 0 bridgehead atoms. The van der Waals surface area contributed by atoms with Gasteiger partial charge in [-0.1, -0.05) is 79.9 Å². The molecule has 0 aliphatic carbocycles. The maximum absolute atomic E-state index is 12.0. The minimum atomic E-state index is -0.128. The number of amides is 4. The highest BCUT2D eigenvalue weighted by atomic mass is 16.2. The molecule has 6 heteroatoms. The molecule has 168 valence electrons. The van der Waals surface area contributed by atoms with Crippen LogP contribution in [0.25, 0.3) is 0 Å². The SMILES string of the molecule is CC(NC(=O)NCCCCCCCNC(=O)NC(C)c1ccccc1)c1ccccc1. The normalized spacial score (nSPS) is 12.5. The molecule has 0 fully saturated rings. The van der Waals surface area contributed by atoms with Crippen molar-refractivity contribution in [3.05, 3.63) is 71.8 Å². The molecule has 0 saturated carbocycles. The van der Waals surface area contributed by atoms with Gasteiger partial charge < -0.3 is 21.3 Å². The molecule has 0 aliphatic heterocycles. The highest BCUT2D eigenvalue weighted by Gasteiger charge is 2.09. The lowest BCUT2D eigenvalue weighted by Gasteiger charge is -2.15. The van der Waals surface area contributed by atoms with Crippen LogP contribution in [0.2, 0.25) is 0 Å². The molecule has 4 N–H and O–H groups in total. The zero-order valence-electron chi connectivity index (χ0n) is 18.7. The number of carbonyl (C=O) groups is 2. The second-order valence-corrected chi connectivity index (χ2v) is 7.83. The Kier molecular flexibility index (Phi) is 11.0. The number of hydrogen-bond acceptors (Lipinski definition) is 2. The fourth-order valence-electron chi connectivity index (χ4n) is 3.33. The second kappa shape index (κ2) is 14.1. The van der Waals surface area contributed by atoms with Crippen LogP contribution in [-0.2, 0) is 0 Å². The molecule has 2 rings (SSSR count). The van der Waals surface area contributed by atoms with Gasteiger partial charge in [-0.15, -0.1) is 0 Å². The third-order valence-corrected chi connectivity index (χ3v) is 5.22. The van der Waals surface area contributed by atoms with Gasteiger partial charge in [0.1, 0.15) is 0 Å². The molecule has 0 aliphatic rings. The van der Waals surface area contributed by atoms with E-state index < -0.39 is 0 Å². The molecule has 2 atom stereocenters. The van der Waals surface area contributed by atoms with Crippen molar-refractivity contribution in [2.45, 2.75) is 58.0 Å². The first kappa shape index (κ1) is 24.3. The number of carbonyl (C=O) groups excluding carboxylic acids is 2. The molecular weight excluding hydrogens is 388 g/mol. The van der Waals surface area contributed by atoms with Crippen molar-refractivity contribution in [2.24, 2.45) is 0 Å². The molecule has 2 aromatic carbocycles. The van der Waals surface area contributed by atoms with E-state index in [1.165, 1.54) is 0 Å². The van der Waals surface area contributed by atoms with E-state index in [9.17, 15) is 9.59 Å². The molecule has 0 saturated heterocycles. The number of rotatable bonds is 12. The Morgan fingerprint density at radius 3 is 1.35 bits per heavy atom. The lowest BCUT2D eigenvalue weighted by molar-refractivity contribution is 0.237. The Morgan fingerprint density at radius 1 is 0.613 bits per heavy atom. The summed E-state index contributed by atoms with van der Waals surface area (Å²) in [6.45, 7) is 5.30. The fraction of sp³-hybridized carbons (Fsp3) is 0.440. The molecule has 0 radical (unpaired) electrons. The van der Waals surface area contributed by atoms with Crippen molar-refractivity contribution in [3.8, 4) is 0 Å². The predicted octanol–water partition coefficient (Wildman–Crippen LogP) is 5.06. The van der Waals surface area contributed by atoms with Gasteiger partial charge in [-0.05, 0) is 37.8 Å². The number of nitrogens with one attached hydrogen (secondary N) is 4. The third kappa shape index (κ3) is 10.0. The standard InChI is InChI=1S/C25H36N4O2/c1-20(22-14-8-6-9-15-22)28-24(30)26-18-12-4-3-5-13-19-27-25(31)29-21(2)23-16-10-7-11-17-23/h6-11,14-17,20-21H,3-5,12-13,18-19H2,1-2H3,(H2,26,28,30)(H2,27,29,31). The van der Waals surface area contributed by atoms with E-state index in [0.717, 1.165) is 43.2 Å². The molecule has 31 heavy (non-hydrogen) atoms. The van der Waals surface area contributed by atoms with E-state index in [-0.39, 0.29) is 24.1 Å². The van der Waals surface area contributed by atoms with Crippen molar-refractivity contribution < 1.29 is 9.59 Å². The smallest absolute Gasteiger partial charge is 0.315 e. The van der Waals surface area contributed by atoms with Crippen LogP contribution in [0.1, 0.15) is 69.2 Å². The fourth-order valence-corrected chi connectivity index (χ4v) is 3.33. The van der Waals surface area contributed by atoms with Gasteiger partial charge in [0.05, 0.1) is 12.1 Å². The lowest BCUT2D eigenvalue weighted by atomic mass is 10.1. The Bertz CT molecular complexity index is 702. The quantitative estimate of drug-likeness (QED) is 0.359. The zero-order chi connectivity index (χ0) is 22.3. The van der Waals surface area contributed by atoms with Gasteiger partial charge in [-0.2, -0.15) is 0 Å². The maximum Gasteiger partial charge on any atom is 0.315 e. The van der Waals surface area contributed by atoms with E-state index >= 15 is 0 Å². The Balaban J connectivity index is 1.43.